The highest BCUT2D eigenvalue weighted by Crippen LogP contribution is 2.32. The first-order chi connectivity index (χ1) is 9.97. The molecule has 0 aliphatic carbocycles. The van der Waals surface area contributed by atoms with Crippen LogP contribution in [0.1, 0.15) is 43.0 Å². The summed E-state index contributed by atoms with van der Waals surface area (Å²) in [4.78, 5) is 14.2. The molecule has 0 bridgehead atoms. The summed E-state index contributed by atoms with van der Waals surface area (Å²) in [5.74, 6) is 2.19. The third-order valence-corrected chi connectivity index (χ3v) is 5.73. The lowest BCUT2D eigenvalue weighted by Gasteiger charge is -2.26. The van der Waals surface area contributed by atoms with E-state index in [4.69, 9.17) is 10.7 Å². The molecule has 1 aliphatic rings. The van der Waals surface area contributed by atoms with Gasteiger partial charge in [0.1, 0.15) is 16.5 Å². The van der Waals surface area contributed by atoms with Gasteiger partial charge in [-0.25, -0.2) is 9.97 Å². The molecular formula is C16H24N4S. The number of hydrogen-bond acceptors (Lipinski definition) is 5. The van der Waals surface area contributed by atoms with Crippen molar-refractivity contribution in [2.45, 2.75) is 53.1 Å². The van der Waals surface area contributed by atoms with Crippen LogP contribution in [0.3, 0.4) is 0 Å². The molecule has 1 saturated heterocycles. The van der Waals surface area contributed by atoms with Gasteiger partial charge in [0.05, 0.1) is 11.9 Å². The number of fused-ring (bicyclic) bond motifs is 1. The molecule has 0 amide bonds. The van der Waals surface area contributed by atoms with Crippen molar-refractivity contribution in [2.75, 3.05) is 12.3 Å². The second kappa shape index (κ2) is 5.54. The van der Waals surface area contributed by atoms with E-state index in [9.17, 15) is 0 Å². The average Bonchev–Trinajstić information content (AvgIpc) is 2.96. The quantitative estimate of drug-likeness (QED) is 0.943. The zero-order valence-corrected chi connectivity index (χ0v) is 14.1. The first-order valence-electron chi connectivity index (χ1n) is 7.73. The molecule has 4 nitrogen and oxygen atoms in total. The maximum atomic E-state index is 6.18. The minimum atomic E-state index is 0.636. The van der Waals surface area contributed by atoms with Gasteiger partial charge in [0.2, 0.25) is 0 Å². The molecule has 114 valence electrons. The lowest BCUT2D eigenvalue weighted by molar-refractivity contribution is 0.194. The maximum absolute atomic E-state index is 6.18. The Morgan fingerprint density at radius 3 is 2.81 bits per heavy atom. The molecular weight excluding hydrogens is 280 g/mol. The summed E-state index contributed by atoms with van der Waals surface area (Å²) in [5, 5.41) is 1.04. The molecule has 3 heterocycles. The van der Waals surface area contributed by atoms with Crippen LogP contribution in [0.15, 0.2) is 0 Å². The fourth-order valence-electron chi connectivity index (χ4n) is 3.38. The third-order valence-electron chi connectivity index (χ3n) is 4.63. The van der Waals surface area contributed by atoms with Crippen LogP contribution < -0.4 is 5.73 Å². The van der Waals surface area contributed by atoms with Gasteiger partial charge in [-0.3, -0.25) is 4.90 Å². The average molecular weight is 304 g/mol. The number of thiophene rings is 1. The lowest BCUT2D eigenvalue weighted by Crippen LogP contribution is -2.33. The van der Waals surface area contributed by atoms with Crippen LogP contribution in [0.25, 0.3) is 10.2 Å². The highest BCUT2D eigenvalue weighted by molar-refractivity contribution is 7.18. The van der Waals surface area contributed by atoms with Crippen molar-refractivity contribution < 1.29 is 0 Å². The Morgan fingerprint density at radius 2 is 2.10 bits per heavy atom. The molecule has 5 heteroatoms. The first kappa shape index (κ1) is 14.7. The van der Waals surface area contributed by atoms with Gasteiger partial charge >= 0.3 is 0 Å². The molecule has 1 unspecified atom stereocenters. The zero-order chi connectivity index (χ0) is 15.1. The molecule has 3 rings (SSSR count). The number of likely N-dealkylation sites (tertiary alicyclic amines) is 1. The molecule has 2 N–H and O–H groups in total. The van der Waals surface area contributed by atoms with Gasteiger partial charge in [0.15, 0.2) is 0 Å². The van der Waals surface area contributed by atoms with Crippen molar-refractivity contribution in [3.05, 3.63) is 16.3 Å². The maximum Gasteiger partial charge on any atom is 0.146 e. The monoisotopic (exact) mass is 304 g/mol. The molecule has 2 aromatic rings. The number of hydrogen-bond donors (Lipinski definition) is 1. The second-order valence-corrected chi connectivity index (χ2v) is 7.62. The molecule has 0 radical (unpaired) electrons. The predicted octanol–water partition coefficient (Wildman–Crippen LogP) is 3.51. The Bertz CT molecular complexity index is 662. The fraction of sp³-hybridized carbons (Fsp3) is 0.625. The van der Waals surface area contributed by atoms with E-state index in [-0.39, 0.29) is 0 Å². The summed E-state index contributed by atoms with van der Waals surface area (Å²) in [7, 11) is 0. The summed E-state index contributed by atoms with van der Waals surface area (Å²) in [6, 6.07) is 0.650. The van der Waals surface area contributed by atoms with Gasteiger partial charge in [0, 0.05) is 10.9 Å². The van der Waals surface area contributed by atoms with Crippen molar-refractivity contribution in [1.29, 1.82) is 0 Å². The Balaban J connectivity index is 1.91. The van der Waals surface area contributed by atoms with Crippen LogP contribution in [-0.4, -0.2) is 27.5 Å². The fourth-order valence-corrected chi connectivity index (χ4v) is 4.44. The van der Waals surface area contributed by atoms with Crippen molar-refractivity contribution in [3.8, 4) is 0 Å². The second-order valence-electron chi connectivity index (χ2n) is 6.41. The predicted molar refractivity (Wildman–Crippen MR) is 89.6 cm³/mol. The van der Waals surface area contributed by atoms with Crippen LogP contribution >= 0.6 is 11.3 Å². The van der Waals surface area contributed by atoms with E-state index in [2.05, 4.69) is 37.6 Å². The van der Waals surface area contributed by atoms with E-state index < -0.39 is 0 Å². The number of aromatic nitrogens is 2. The molecule has 0 spiro atoms. The number of nitrogens with two attached hydrogens (primary N) is 1. The van der Waals surface area contributed by atoms with Crippen molar-refractivity contribution in [2.24, 2.45) is 5.92 Å². The Kier molecular flexibility index (Phi) is 3.88. The van der Waals surface area contributed by atoms with Crippen LogP contribution in [0.5, 0.6) is 0 Å². The molecule has 1 atom stereocenters. The van der Waals surface area contributed by atoms with E-state index >= 15 is 0 Å². The van der Waals surface area contributed by atoms with Gasteiger partial charge in [-0.1, -0.05) is 13.8 Å². The van der Waals surface area contributed by atoms with E-state index in [1.807, 2.05) is 0 Å². The van der Waals surface area contributed by atoms with Crippen molar-refractivity contribution >= 4 is 27.4 Å². The third kappa shape index (κ3) is 2.64. The van der Waals surface area contributed by atoms with Crippen molar-refractivity contribution in [1.82, 2.24) is 14.9 Å². The molecule has 21 heavy (non-hydrogen) atoms. The van der Waals surface area contributed by atoms with Gasteiger partial charge in [-0.05, 0) is 44.7 Å². The Morgan fingerprint density at radius 1 is 1.33 bits per heavy atom. The summed E-state index contributed by atoms with van der Waals surface area (Å²) < 4.78 is 0. The topological polar surface area (TPSA) is 55.0 Å². The largest absolute Gasteiger partial charge is 0.383 e. The van der Waals surface area contributed by atoms with E-state index in [1.54, 1.807) is 11.3 Å². The number of aryl methyl sites for hydroxylation is 2. The minimum absolute atomic E-state index is 0.636. The summed E-state index contributed by atoms with van der Waals surface area (Å²) in [6.07, 6.45) is 2.56. The highest BCUT2D eigenvalue weighted by atomic mass is 32.1. The summed E-state index contributed by atoms with van der Waals surface area (Å²) in [6.45, 7) is 10.8. The standard InChI is InChI=1S/C16H24N4S/c1-9(2)12-6-5-7-20(12)8-13-18-15(17)14-10(3)11(4)21-16(14)19-13/h9,12H,5-8H2,1-4H3,(H2,17,18,19). The Hall–Kier alpha value is -1.20. The van der Waals surface area contributed by atoms with Crippen LogP contribution in [0, 0.1) is 19.8 Å². The minimum Gasteiger partial charge on any atom is -0.383 e. The summed E-state index contributed by atoms with van der Waals surface area (Å²) >= 11 is 1.72. The smallest absolute Gasteiger partial charge is 0.146 e. The van der Waals surface area contributed by atoms with Crippen LogP contribution in [-0.2, 0) is 6.54 Å². The van der Waals surface area contributed by atoms with Gasteiger partial charge in [-0.15, -0.1) is 11.3 Å². The highest BCUT2D eigenvalue weighted by Gasteiger charge is 2.27. The van der Waals surface area contributed by atoms with Gasteiger partial charge in [0.25, 0.3) is 0 Å². The van der Waals surface area contributed by atoms with Crippen molar-refractivity contribution in [3.63, 3.8) is 0 Å². The number of rotatable bonds is 3. The van der Waals surface area contributed by atoms with E-state index in [0.717, 1.165) is 29.1 Å². The summed E-state index contributed by atoms with van der Waals surface area (Å²) in [5.41, 5.74) is 7.40. The van der Waals surface area contributed by atoms with Gasteiger partial charge in [-0.2, -0.15) is 0 Å². The molecule has 1 fully saturated rings. The SMILES string of the molecule is Cc1sc2nc(CN3CCCC3C(C)C)nc(N)c2c1C. The number of nitrogen functional groups attached to an aromatic ring is 1. The van der Waals surface area contributed by atoms with E-state index in [1.165, 1.54) is 23.3 Å². The normalized spacial score (nSPS) is 20.0. The number of anilines is 1. The van der Waals surface area contributed by atoms with Gasteiger partial charge < -0.3 is 5.73 Å². The molecule has 0 aromatic carbocycles. The molecule has 1 aliphatic heterocycles. The van der Waals surface area contributed by atoms with E-state index in [0.29, 0.717) is 17.8 Å². The molecule has 0 saturated carbocycles. The number of nitrogens with zero attached hydrogens (tertiary/aromatic N) is 3. The Labute approximate surface area is 130 Å². The van der Waals surface area contributed by atoms with Crippen LogP contribution in [0.4, 0.5) is 5.82 Å². The first-order valence-corrected chi connectivity index (χ1v) is 8.55. The molecule has 2 aromatic heterocycles. The lowest BCUT2D eigenvalue weighted by atomic mass is 10.0. The van der Waals surface area contributed by atoms with Crippen LogP contribution in [0.2, 0.25) is 0 Å². The zero-order valence-electron chi connectivity index (χ0n) is 13.3.